The van der Waals surface area contributed by atoms with E-state index in [2.05, 4.69) is 15.6 Å². The van der Waals surface area contributed by atoms with Gasteiger partial charge in [0.2, 0.25) is 0 Å². The minimum Gasteiger partial charge on any atom is -0.504 e. The van der Waals surface area contributed by atoms with E-state index in [1.807, 2.05) is 66.7 Å². The van der Waals surface area contributed by atoms with Gasteiger partial charge >= 0.3 is 0 Å². The third kappa shape index (κ3) is 4.20. The molecular weight excluding hydrogens is 316 g/mol. The summed E-state index contributed by atoms with van der Waals surface area (Å²) in [6.07, 6.45) is 6.40. The van der Waals surface area contributed by atoms with Crippen LogP contribution in [-0.2, 0) is 0 Å². The fraction of sp³-hybridized carbons (Fsp3) is 0. The molecular formula is C19H16N4O2. The summed E-state index contributed by atoms with van der Waals surface area (Å²) < 4.78 is 1.43. The van der Waals surface area contributed by atoms with Gasteiger partial charge < -0.3 is 5.11 Å². The van der Waals surface area contributed by atoms with Crippen LogP contribution in [0.3, 0.4) is 0 Å². The highest BCUT2D eigenvalue weighted by atomic mass is 16.3. The van der Waals surface area contributed by atoms with E-state index < -0.39 is 5.91 Å². The molecule has 124 valence electrons. The highest BCUT2D eigenvalue weighted by Gasteiger charge is 2.16. The Labute approximate surface area is 144 Å². The number of allylic oxidation sites excluding steroid dienone is 1. The van der Waals surface area contributed by atoms with E-state index in [1.54, 1.807) is 6.08 Å². The Bertz CT molecular complexity index is 900. The quantitative estimate of drug-likeness (QED) is 0.557. The summed E-state index contributed by atoms with van der Waals surface area (Å²) in [6.45, 7) is 0. The molecule has 2 N–H and O–H groups in total. The Morgan fingerprint density at radius 3 is 2.48 bits per heavy atom. The van der Waals surface area contributed by atoms with Crippen LogP contribution in [0.5, 0.6) is 5.75 Å². The lowest BCUT2D eigenvalue weighted by Crippen LogP contribution is -2.18. The molecule has 0 bridgehead atoms. The Balaban J connectivity index is 1.63. The maximum Gasteiger partial charge on any atom is 0.295 e. The third-order valence-electron chi connectivity index (χ3n) is 3.35. The largest absolute Gasteiger partial charge is 0.504 e. The summed E-state index contributed by atoms with van der Waals surface area (Å²) in [5, 5.41) is 17.8. The van der Waals surface area contributed by atoms with Gasteiger partial charge in [0.1, 0.15) is 0 Å². The highest BCUT2D eigenvalue weighted by molar-refractivity contribution is 5.95. The van der Waals surface area contributed by atoms with Gasteiger partial charge in [-0.3, -0.25) is 4.79 Å². The van der Waals surface area contributed by atoms with Crippen LogP contribution in [-0.4, -0.2) is 27.0 Å². The number of benzene rings is 2. The molecule has 0 aliphatic carbocycles. The van der Waals surface area contributed by atoms with Crippen molar-refractivity contribution >= 4 is 18.2 Å². The van der Waals surface area contributed by atoms with Gasteiger partial charge in [0.05, 0.1) is 11.9 Å². The zero-order chi connectivity index (χ0) is 17.5. The van der Waals surface area contributed by atoms with Gasteiger partial charge in [0.15, 0.2) is 11.4 Å². The molecule has 6 nitrogen and oxygen atoms in total. The fourth-order valence-electron chi connectivity index (χ4n) is 2.15. The second-order valence-electron chi connectivity index (χ2n) is 5.13. The molecule has 1 heterocycles. The number of nitrogens with one attached hydrogen (secondary N) is 1. The number of hydrogen-bond donors (Lipinski definition) is 2. The number of hydrogen-bond acceptors (Lipinski definition) is 4. The zero-order valence-electron chi connectivity index (χ0n) is 13.3. The van der Waals surface area contributed by atoms with Crippen LogP contribution in [0.15, 0.2) is 78.0 Å². The first-order valence-corrected chi connectivity index (χ1v) is 7.63. The number of hydrazone groups is 1. The standard InChI is InChI=1S/C19H16N4O2/c24-17-14-23(16-11-5-2-6-12-16)22-18(17)19(25)21-20-13-7-10-15-8-3-1-4-9-15/h1-14,24H,(H,21,25)/b10-7+,20-13+. The van der Waals surface area contributed by atoms with Crippen molar-refractivity contribution in [3.05, 3.63) is 84.2 Å². The molecule has 0 fully saturated rings. The maximum atomic E-state index is 12.1. The topological polar surface area (TPSA) is 79.5 Å². The Kier molecular flexibility index (Phi) is 5.01. The predicted molar refractivity (Wildman–Crippen MR) is 96.7 cm³/mol. The molecule has 3 aromatic rings. The van der Waals surface area contributed by atoms with Gasteiger partial charge in [0.25, 0.3) is 5.91 Å². The molecule has 0 saturated carbocycles. The lowest BCUT2D eigenvalue weighted by atomic mass is 10.2. The number of carbonyl (C=O) groups excluding carboxylic acids is 1. The van der Waals surface area contributed by atoms with Crippen LogP contribution in [0, 0.1) is 0 Å². The molecule has 0 aliphatic rings. The Morgan fingerprint density at radius 1 is 1.08 bits per heavy atom. The van der Waals surface area contributed by atoms with Crippen LogP contribution < -0.4 is 5.43 Å². The third-order valence-corrected chi connectivity index (χ3v) is 3.35. The number of aromatic nitrogens is 2. The molecule has 0 aliphatic heterocycles. The summed E-state index contributed by atoms with van der Waals surface area (Å²) in [6, 6.07) is 18.9. The Hall–Kier alpha value is -3.67. The SMILES string of the molecule is O=C(N/N=C/C=C/c1ccccc1)c1nn(-c2ccccc2)cc1O. The normalized spacial score (nSPS) is 11.2. The highest BCUT2D eigenvalue weighted by Crippen LogP contribution is 2.17. The molecule has 25 heavy (non-hydrogen) atoms. The number of para-hydroxylation sites is 1. The summed E-state index contributed by atoms with van der Waals surface area (Å²) in [5.41, 5.74) is 4.01. The average Bonchev–Trinajstić information content (AvgIpc) is 3.05. The minimum absolute atomic E-state index is 0.0898. The molecule has 6 heteroatoms. The lowest BCUT2D eigenvalue weighted by Gasteiger charge is -1.99. The van der Waals surface area contributed by atoms with Crippen molar-refractivity contribution in [1.82, 2.24) is 15.2 Å². The fourth-order valence-corrected chi connectivity index (χ4v) is 2.15. The van der Waals surface area contributed by atoms with Crippen LogP contribution in [0.2, 0.25) is 0 Å². The monoisotopic (exact) mass is 332 g/mol. The number of aromatic hydroxyl groups is 1. The van der Waals surface area contributed by atoms with Gasteiger partial charge in [-0.2, -0.15) is 10.2 Å². The number of amides is 1. The molecule has 0 unspecified atom stereocenters. The maximum absolute atomic E-state index is 12.1. The lowest BCUT2D eigenvalue weighted by molar-refractivity contribution is 0.0947. The zero-order valence-corrected chi connectivity index (χ0v) is 13.3. The molecule has 0 spiro atoms. The summed E-state index contributed by atoms with van der Waals surface area (Å²) in [4.78, 5) is 12.1. The molecule has 0 atom stereocenters. The summed E-state index contributed by atoms with van der Waals surface area (Å²) in [7, 11) is 0. The molecule has 1 amide bonds. The number of nitrogens with zero attached hydrogens (tertiary/aromatic N) is 3. The van der Waals surface area contributed by atoms with Crippen molar-refractivity contribution in [2.24, 2.45) is 5.10 Å². The van der Waals surface area contributed by atoms with Gasteiger partial charge in [-0.25, -0.2) is 10.1 Å². The summed E-state index contributed by atoms with van der Waals surface area (Å²) >= 11 is 0. The van der Waals surface area contributed by atoms with E-state index in [0.29, 0.717) is 0 Å². The van der Waals surface area contributed by atoms with Gasteiger partial charge in [-0.1, -0.05) is 54.6 Å². The second kappa shape index (κ2) is 7.74. The first-order chi connectivity index (χ1) is 12.2. The van der Waals surface area contributed by atoms with Crippen molar-refractivity contribution in [1.29, 1.82) is 0 Å². The van der Waals surface area contributed by atoms with Gasteiger partial charge in [-0.15, -0.1) is 0 Å². The number of rotatable bonds is 5. The smallest absolute Gasteiger partial charge is 0.295 e. The van der Waals surface area contributed by atoms with Crippen molar-refractivity contribution in [2.45, 2.75) is 0 Å². The molecule has 0 saturated heterocycles. The minimum atomic E-state index is -0.587. The van der Waals surface area contributed by atoms with E-state index >= 15 is 0 Å². The molecule has 0 radical (unpaired) electrons. The van der Waals surface area contributed by atoms with Gasteiger partial charge in [0, 0.05) is 6.21 Å². The van der Waals surface area contributed by atoms with Gasteiger partial charge in [-0.05, 0) is 23.8 Å². The van der Waals surface area contributed by atoms with E-state index in [0.717, 1.165) is 11.3 Å². The van der Waals surface area contributed by atoms with Crippen molar-refractivity contribution < 1.29 is 9.90 Å². The van der Waals surface area contributed by atoms with E-state index in [1.165, 1.54) is 17.1 Å². The van der Waals surface area contributed by atoms with E-state index in [4.69, 9.17) is 0 Å². The predicted octanol–water partition coefficient (Wildman–Crippen LogP) is 3.01. The van der Waals surface area contributed by atoms with Crippen molar-refractivity contribution in [3.63, 3.8) is 0 Å². The molecule has 2 aromatic carbocycles. The van der Waals surface area contributed by atoms with Crippen molar-refractivity contribution in [3.8, 4) is 11.4 Å². The second-order valence-corrected chi connectivity index (χ2v) is 5.13. The van der Waals surface area contributed by atoms with Crippen LogP contribution in [0.4, 0.5) is 0 Å². The van der Waals surface area contributed by atoms with Crippen molar-refractivity contribution in [2.75, 3.05) is 0 Å². The summed E-state index contributed by atoms with van der Waals surface area (Å²) in [5.74, 6) is -0.798. The van der Waals surface area contributed by atoms with Crippen LogP contribution in [0.25, 0.3) is 11.8 Å². The van der Waals surface area contributed by atoms with E-state index in [9.17, 15) is 9.90 Å². The van der Waals surface area contributed by atoms with Crippen LogP contribution >= 0.6 is 0 Å². The Morgan fingerprint density at radius 2 is 1.76 bits per heavy atom. The van der Waals surface area contributed by atoms with Crippen LogP contribution in [0.1, 0.15) is 16.1 Å². The molecule has 1 aromatic heterocycles. The van der Waals surface area contributed by atoms with E-state index in [-0.39, 0.29) is 11.4 Å². The average molecular weight is 332 g/mol. The first kappa shape index (κ1) is 16.2. The number of carbonyl (C=O) groups is 1. The first-order valence-electron chi connectivity index (χ1n) is 7.63. The molecule has 3 rings (SSSR count).